The summed E-state index contributed by atoms with van der Waals surface area (Å²) in [5.41, 5.74) is 5.71. The van der Waals surface area contributed by atoms with E-state index in [2.05, 4.69) is 4.98 Å². The second kappa shape index (κ2) is 5.32. The van der Waals surface area contributed by atoms with E-state index in [1.807, 2.05) is 0 Å². The third-order valence-corrected chi connectivity index (χ3v) is 3.00. The number of aromatic nitrogens is 1. The number of halogens is 3. The molecule has 1 heterocycles. The van der Waals surface area contributed by atoms with E-state index in [0.29, 0.717) is 5.56 Å². The third-order valence-electron chi connectivity index (χ3n) is 3.00. The lowest BCUT2D eigenvalue weighted by Crippen LogP contribution is -2.17. The molecular weight excluding hydrogens is 269 g/mol. The van der Waals surface area contributed by atoms with Gasteiger partial charge in [0.2, 0.25) is 0 Å². The fraction of sp³-hybridized carbons (Fsp3) is 0.143. The monoisotopic (exact) mass is 280 g/mol. The van der Waals surface area contributed by atoms with E-state index in [-0.39, 0.29) is 11.3 Å². The van der Waals surface area contributed by atoms with Gasteiger partial charge < -0.3 is 5.73 Å². The van der Waals surface area contributed by atoms with Gasteiger partial charge in [-0.25, -0.2) is 13.2 Å². The van der Waals surface area contributed by atoms with Crippen molar-refractivity contribution in [2.45, 2.75) is 12.8 Å². The number of nitrogens with two attached hydrogens (primary N) is 1. The highest BCUT2D eigenvalue weighted by Gasteiger charge is 2.19. The van der Waals surface area contributed by atoms with E-state index in [1.54, 1.807) is 6.92 Å². The molecule has 0 aliphatic carbocycles. The van der Waals surface area contributed by atoms with Crippen LogP contribution in [0.4, 0.5) is 13.2 Å². The second-order valence-electron chi connectivity index (χ2n) is 4.35. The molecule has 2 rings (SSSR count). The Morgan fingerprint density at radius 1 is 1.20 bits per heavy atom. The minimum Gasteiger partial charge on any atom is -0.366 e. The lowest BCUT2D eigenvalue weighted by Gasteiger charge is -2.14. The summed E-state index contributed by atoms with van der Waals surface area (Å²) in [6.45, 7) is 1.64. The second-order valence-corrected chi connectivity index (χ2v) is 4.35. The van der Waals surface area contributed by atoms with Gasteiger partial charge >= 0.3 is 0 Å². The summed E-state index contributed by atoms with van der Waals surface area (Å²) in [5, 5.41) is 0. The van der Waals surface area contributed by atoms with Crippen molar-refractivity contribution in [1.82, 2.24) is 4.98 Å². The van der Waals surface area contributed by atoms with Crippen LogP contribution in [0.15, 0.2) is 30.5 Å². The molecule has 0 aliphatic heterocycles. The summed E-state index contributed by atoms with van der Waals surface area (Å²) in [6.07, 6.45) is 0.943. The van der Waals surface area contributed by atoms with E-state index in [0.717, 1.165) is 24.4 Å². The SMILES string of the molecule is C[C@@H](c1ccc(F)c(F)c1)c1ncc(F)cc1C(N)=O. The Bertz CT molecular complexity index is 673. The van der Waals surface area contributed by atoms with Crippen LogP contribution in [0.5, 0.6) is 0 Å². The van der Waals surface area contributed by atoms with Crippen LogP contribution in [0.25, 0.3) is 0 Å². The fourth-order valence-corrected chi connectivity index (χ4v) is 1.93. The lowest BCUT2D eigenvalue weighted by molar-refractivity contribution is 0.0998. The van der Waals surface area contributed by atoms with E-state index in [9.17, 15) is 18.0 Å². The molecule has 2 aromatic rings. The fourth-order valence-electron chi connectivity index (χ4n) is 1.93. The zero-order valence-electron chi connectivity index (χ0n) is 10.5. The van der Waals surface area contributed by atoms with Crippen molar-refractivity contribution in [1.29, 1.82) is 0 Å². The standard InChI is InChI=1S/C14H11F3N2O/c1-7(8-2-3-11(16)12(17)4-8)13-10(14(18)20)5-9(15)6-19-13/h2-7H,1H3,(H2,18,20)/t7-/m0/s1. The maximum Gasteiger partial charge on any atom is 0.250 e. The predicted octanol–water partition coefficient (Wildman–Crippen LogP) is 2.75. The highest BCUT2D eigenvalue weighted by molar-refractivity contribution is 5.94. The third kappa shape index (κ3) is 2.64. The Labute approximate surface area is 113 Å². The van der Waals surface area contributed by atoms with Crippen molar-refractivity contribution in [2.75, 3.05) is 0 Å². The number of pyridine rings is 1. The summed E-state index contributed by atoms with van der Waals surface area (Å²) in [5.74, 6) is -4.03. The number of primary amides is 1. The molecule has 1 aromatic heterocycles. The van der Waals surface area contributed by atoms with Crippen molar-refractivity contribution in [3.8, 4) is 0 Å². The molecule has 0 spiro atoms. The van der Waals surface area contributed by atoms with Gasteiger partial charge in [-0.1, -0.05) is 13.0 Å². The van der Waals surface area contributed by atoms with Crippen LogP contribution in [0.3, 0.4) is 0 Å². The summed E-state index contributed by atoms with van der Waals surface area (Å²) < 4.78 is 39.3. The van der Waals surface area contributed by atoms with Crippen molar-refractivity contribution >= 4 is 5.91 Å². The predicted molar refractivity (Wildman–Crippen MR) is 66.6 cm³/mol. The maximum atomic E-state index is 13.2. The van der Waals surface area contributed by atoms with Gasteiger partial charge in [0, 0.05) is 5.92 Å². The molecule has 104 valence electrons. The number of carbonyl (C=O) groups excluding carboxylic acids is 1. The molecule has 0 saturated heterocycles. The quantitative estimate of drug-likeness (QED) is 0.939. The van der Waals surface area contributed by atoms with Gasteiger partial charge in [-0.05, 0) is 23.8 Å². The Hall–Kier alpha value is -2.37. The molecule has 20 heavy (non-hydrogen) atoms. The highest BCUT2D eigenvalue weighted by atomic mass is 19.2. The number of nitrogens with zero attached hydrogens (tertiary/aromatic N) is 1. The Kier molecular flexibility index (Phi) is 3.74. The zero-order chi connectivity index (χ0) is 14.9. The first-order chi connectivity index (χ1) is 9.40. The molecule has 1 aromatic carbocycles. The number of carbonyl (C=O) groups is 1. The van der Waals surface area contributed by atoms with Gasteiger partial charge in [-0.2, -0.15) is 0 Å². The van der Waals surface area contributed by atoms with Crippen molar-refractivity contribution in [3.63, 3.8) is 0 Å². The van der Waals surface area contributed by atoms with E-state index >= 15 is 0 Å². The van der Waals surface area contributed by atoms with Gasteiger partial charge in [-0.15, -0.1) is 0 Å². The van der Waals surface area contributed by atoms with Crippen LogP contribution in [0.1, 0.15) is 34.5 Å². The van der Waals surface area contributed by atoms with E-state index < -0.39 is 29.3 Å². The van der Waals surface area contributed by atoms with Gasteiger partial charge in [0.05, 0.1) is 17.5 Å². The Morgan fingerprint density at radius 3 is 2.50 bits per heavy atom. The van der Waals surface area contributed by atoms with Gasteiger partial charge in [0.25, 0.3) is 5.91 Å². The number of benzene rings is 1. The van der Waals surface area contributed by atoms with Crippen LogP contribution in [0.2, 0.25) is 0 Å². The van der Waals surface area contributed by atoms with Crippen molar-refractivity contribution in [2.24, 2.45) is 5.73 Å². The maximum absolute atomic E-state index is 13.2. The molecule has 0 radical (unpaired) electrons. The largest absolute Gasteiger partial charge is 0.366 e. The first-order valence-corrected chi connectivity index (χ1v) is 5.80. The first kappa shape index (κ1) is 14.0. The van der Waals surface area contributed by atoms with Gasteiger partial charge in [-0.3, -0.25) is 9.78 Å². The Morgan fingerprint density at radius 2 is 1.90 bits per heavy atom. The smallest absolute Gasteiger partial charge is 0.250 e. The molecule has 0 unspecified atom stereocenters. The summed E-state index contributed by atoms with van der Waals surface area (Å²) in [7, 11) is 0. The normalized spacial score (nSPS) is 12.2. The average molecular weight is 280 g/mol. The number of rotatable bonds is 3. The van der Waals surface area contributed by atoms with Crippen LogP contribution >= 0.6 is 0 Å². The minimum atomic E-state index is -1.00. The molecule has 1 atom stereocenters. The van der Waals surface area contributed by atoms with Crippen LogP contribution in [-0.2, 0) is 0 Å². The Balaban J connectivity index is 2.50. The molecule has 3 nitrogen and oxygen atoms in total. The van der Waals surface area contributed by atoms with Crippen LogP contribution in [0, 0.1) is 17.5 Å². The molecule has 0 bridgehead atoms. The molecule has 2 N–H and O–H groups in total. The molecule has 6 heteroatoms. The average Bonchev–Trinajstić information content (AvgIpc) is 2.41. The number of amides is 1. The number of hydrogen-bond acceptors (Lipinski definition) is 2. The summed E-state index contributed by atoms with van der Waals surface area (Å²) in [6, 6.07) is 4.34. The summed E-state index contributed by atoms with van der Waals surface area (Å²) in [4.78, 5) is 15.1. The van der Waals surface area contributed by atoms with Crippen LogP contribution < -0.4 is 5.73 Å². The van der Waals surface area contributed by atoms with E-state index in [1.165, 1.54) is 6.07 Å². The van der Waals surface area contributed by atoms with Crippen molar-refractivity contribution in [3.05, 3.63) is 64.7 Å². The topological polar surface area (TPSA) is 56.0 Å². The van der Waals surface area contributed by atoms with Gasteiger partial charge in [0.1, 0.15) is 5.82 Å². The van der Waals surface area contributed by atoms with Gasteiger partial charge in [0.15, 0.2) is 11.6 Å². The zero-order valence-corrected chi connectivity index (χ0v) is 10.5. The molecule has 0 saturated carbocycles. The number of hydrogen-bond donors (Lipinski definition) is 1. The minimum absolute atomic E-state index is 0.0813. The highest BCUT2D eigenvalue weighted by Crippen LogP contribution is 2.26. The summed E-state index contributed by atoms with van der Waals surface area (Å²) >= 11 is 0. The van der Waals surface area contributed by atoms with E-state index in [4.69, 9.17) is 5.73 Å². The molecule has 1 amide bonds. The first-order valence-electron chi connectivity index (χ1n) is 5.80. The molecular formula is C14H11F3N2O. The van der Waals surface area contributed by atoms with Crippen LogP contribution in [-0.4, -0.2) is 10.9 Å². The van der Waals surface area contributed by atoms with Crippen molar-refractivity contribution < 1.29 is 18.0 Å². The molecule has 0 fully saturated rings. The lowest BCUT2D eigenvalue weighted by atomic mass is 9.93. The molecule has 0 aliphatic rings.